The fourth-order valence-corrected chi connectivity index (χ4v) is 3.86. The van der Waals surface area contributed by atoms with Gasteiger partial charge in [0, 0.05) is 35.7 Å². The minimum absolute atomic E-state index is 0.0575. The summed E-state index contributed by atoms with van der Waals surface area (Å²) in [5.74, 6) is 1.77. The molecule has 4 rings (SSSR count). The van der Waals surface area contributed by atoms with Crippen LogP contribution in [0, 0.1) is 18.6 Å². The lowest BCUT2D eigenvalue weighted by atomic mass is 10.2. The van der Waals surface area contributed by atoms with E-state index in [0.717, 1.165) is 48.0 Å². The fourth-order valence-electron chi connectivity index (χ4n) is 3.68. The first-order chi connectivity index (χ1) is 13.5. The zero-order valence-electron chi connectivity index (χ0n) is 16.6. The van der Waals surface area contributed by atoms with E-state index >= 15 is 0 Å². The topological polar surface area (TPSA) is 77.9 Å². The Morgan fingerprint density at radius 1 is 1.39 bits per heavy atom. The van der Waals surface area contributed by atoms with Gasteiger partial charge in [0.25, 0.3) is 0 Å². The van der Waals surface area contributed by atoms with E-state index in [1.54, 1.807) is 4.68 Å². The summed E-state index contributed by atoms with van der Waals surface area (Å²) in [6.45, 7) is 9.17. The smallest absolute Gasteiger partial charge is 0.216 e. The maximum Gasteiger partial charge on any atom is 0.216 e. The first kappa shape index (κ1) is 18.8. The second-order valence-electron chi connectivity index (χ2n) is 7.33. The van der Waals surface area contributed by atoms with Gasteiger partial charge in [0.15, 0.2) is 5.82 Å². The molecular formula is C19H25N7OS. The summed E-state index contributed by atoms with van der Waals surface area (Å²) < 4.78 is 12.1. The Hall–Kier alpha value is -2.52. The van der Waals surface area contributed by atoms with Gasteiger partial charge in [0.05, 0.1) is 12.4 Å². The number of rotatable bonds is 5. The van der Waals surface area contributed by atoms with Crippen molar-refractivity contribution in [1.29, 1.82) is 0 Å². The summed E-state index contributed by atoms with van der Waals surface area (Å²) in [5.41, 5.74) is 3.24. The Kier molecular flexibility index (Phi) is 5.03. The highest BCUT2D eigenvalue weighted by atomic mass is 32.1. The third-order valence-corrected chi connectivity index (χ3v) is 5.31. The van der Waals surface area contributed by atoms with E-state index in [4.69, 9.17) is 17.0 Å². The van der Waals surface area contributed by atoms with Crippen LogP contribution in [0.2, 0.25) is 0 Å². The number of aryl methyl sites for hydroxylation is 1. The van der Waals surface area contributed by atoms with Gasteiger partial charge in [-0.1, -0.05) is 0 Å². The van der Waals surface area contributed by atoms with Gasteiger partial charge in [-0.15, -0.1) is 0 Å². The lowest BCUT2D eigenvalue weighted by molar-refractivity contribution is 0.102. The summed E-state index contributed by atoms with van der Waals surface area (Å²) in [7, 11) is 0. The molecule has 1 atom stereocenters. The molecular weight excluding hydrogens is 374 g/mol. The monoisotopic (exact) mass is 399 g/mol. The van der Waals surface area contributed by atoms with Crippen LogP contribution >= 0.6 is 12.2 Å². The number of nitrogens with zero attached hydrogens (tertiary/aromatic N) is 6. The highest BCUT2D eigenvalue weighted by Gasteiger charge is 2.23. The normalized spacial score (nSPS) is 17.4. The van der Waals surface area contributed by atoms with Gasteiger partial charge < -0.3 is 9.30 Å². The van der Waals surface area contributed by atoms with Crippen LogP contribution in [0.4, 0.5) is 0 Å². The van der Waals surface area contributed by atoms with E-state index in [-0.39, 0.29) is 12.1 Å². The highest BCUT2D eigenvalue weighted by molar-refractivity contribution is 7.71. The van der Waals surface area contributed by atoms with Gasteiger partial charge in [-0.2, -0.15) is 20.0 Å². The third-order valence-electron chi connectivity index (χ3n) is 5.04. The minimum atomic E-state index is -0.0575. The van der Waals surface area contributed by atoms with Crippen LogP contribution in [0.3, 0.4) is 0 Å². The molecule has 0 amide bonds. The number of aromatic nitrogens is 6. The van der Waals surface area contributed by atoms with Crippen LogP contribution in [0.15, 0.2) is 23.4 Å². The maximum absolute atomic E-state index is 5.74. The Balaban J connectivity index is 1.70. The predicted octanol–water partition coefficient (Wildman–Crippen LogP) is 3.86. The van der Waals surface area contributed by atoms with Crippen molar-refractivity contribution in [2.45, 2.75) is 52.7 Å². The third kappa shape index (κ3) is 3.24. The van der Waals surface area contributed by atoms with Crippen molar-refractivity contribution in [2.24, 2.45) is 5.10 Å². The van der Waals surface area contributed by atoms with Gasteiger partial charge in [-0.05, 0) is 58.8 Å². The van der Waals surface area contributed by atoms with Crippen LogP contribution in [-0.2, 0) is 4.74 Å². The van der Waals surface area contributed by atoms with Crippen LogP contribution in [0.25, 0.3) is 5.82 Å². The van der Waals surface area contributed by atoms with Crippen molar-refractivity contribution in [2.75, 3.05) is 6.61 Å². The summed E-state index contributed by atoms with van der Waals surface area (Å²) >= 11 is 5.36. The molecule has 3 aromatic heterocycles. The molecule has 3 aromatic rings. The molecule has 0 aliphatic carbocycles. The number of hydrogen-bond donors (Lipinski definition) is 1. The molecule has 0 aromatic carbocycles. The average Bonchev–Trinajstić information content (AvgIpc) is 3.41. The number of nitrogens with one attached hydrogen (secondary N) is 1. The molecule has 0 radical (unpaired) electrons. The zero-order valence-corrected chi connectivity index (χ0v) is 17.4. The molecule has 1 aliphatic rings. The van der Waals surface area contributed by atoms with E-state index in [2.05, 4.69) is 58.7 Å². The number of aromatic amines is 1. The van der Waals surface area contributed by atoms with Crippen molar-refractivity contribution in [3.63, 3.8) is 0 Å². The van der Waals surface area contributed by atoms with Crippen LogP contribution in [0.1, 0.15) is 61.6 Å². The molecule has 0 spiro atoms. The van der Waals surface area contributed by atoms with Crippen LogP contribution in [0.5, 0.6) is 0 Å². The van der Waals surface area contributed by atoms with Crippen molar-refractivity contribution in [1.82, 2.24) is 29.2 Å². The average molecular weight is 400 g/mol. The lowest BCUT2D eigenvalue weighted by Crippen LogP contribution is -2.11. The number of ether oxygens (including phenoxy) is 1. The second-order valence-corrected chi connectivity index (χ2v) is 7.72. The van der Waals surface area contributed by atoms with E-state index in [0.29, 0.717) is 4.77 Å². The van der Waals surface area contributed by atoms with Crippen molar-refractivity contribution >= 4 is 18.4 Å². The summed E-state index contributed by atoms with van der Waals surface area (Å²) in [6.07, 6.45) is 5.57. The van der Waals surface area contributed by atoms with Crippen molar-refractivity contribution in [3.8, 4) is 5.82 Å². The Labute approximate surface area is 168 Å². The molecule has 9 heteroatoms. The zero-order chi connectivity index (χ0) is 19.8. The van der Waals surface area contributed by atoms with E-state index < -0.39 is 0 Å². The predicted molar refractivity (Wildman–Crippen MR) is 110 cm³/mol. The highest BCUT2D eigenvalue weighted by Crippen LogP contribution is 2.27. The molecule has 1 N–H and O–H groups in total. The van der Waals surface area contributed by atoms with Gasteiger partial charge in [0.1, 0.15) is 11.9 Å². The molecule has 28 heavy (non-hydrogen) atoms. The summed E-state index contributed by atoms with van der Waals surface area (Å²) in [5, 5.41) is 16.2. The molecule has 8 nitrogen and oxygen atoms in total. The van der Waals surface area contributed by atoms with Crippen LogP contribution < -0.4 is 0 Å². The Bertz CT molecular complexity index is 1060. The van der Waals surface area contributed by atoms with E-state index in [9.17, 15) is 0 Å². The fraction of sp³-hybridized carbons (Fsp3) is 0.474. The lowest BCUT2D eigenvalue weighted by Gasteiger charge is -2.15. The quantitative estimate of drug-likeness (QED) is 0.522. The first-order valence-electron chi connectivity index (χ1n) is 9.53. The van der Waals surface area contributed by atoms with Crippen molar-refractivity contribution in [3.05, 3.63) is 45.9 Å². The van der Waals surface area contributed by atoms with E-state index in [1.807, 2.05) is 23.2 Å². The molecule has 0 saturated carbocycles. The molecule has 0 bridgehead atoms. The summed E-state index contributed by atoms with van der Waals surface area (Å²) in [6, 6.07) is 4.43. The van der Waals surface area contributed by atoms with Crippen LogP contribution in [-0.4, -0.2) is 42.0 Å². The standard InChI is InChI=1S/C19H25N7OS/c1-12(2)25-17(7-8-20-25)24-13(3)10-15(14(24)4)11-21-26-18(22-23-19(26)28)16-6-5-9-27-16/h7-8,10-12,16H,5-6,9H2,1-4H3,(H,23,28)/b21-11-/t16-/m1/s1. The Morgan fingerprint density at radius 2 is 2.21 bits per heavy atom. The molecule has 1 aliphatic heterocycles. The molecule has 148 valence electrons. The molecule has 0 unspecified atom stereocenters. The maximum atomic E-state index is 5.74. The van der Waals surface area contributed by atoms with E-state index in [1.165, 1.54) is 0 Å². The first-order valence-corrected chi connectivity index (χ1v) is 9.94. The van der Waals surface area contributed by atoms with Gasteiger partial charge in [-0.3, -0.25) is 5.10 Å². The second kappa shape index (κ2) is 7.48. The molecule has 1 fully saturated rings. The number of H-pyrrole nitrogens is 1. The SMILES string of the molecule is Cc1cc(/C=N\n2c([C@H]3CCCO3)n[nH]c2=S)c(C)n1-c1ccnn1C(C)C. The largest absolute Gasteiger partial charge is 0.370 e. The number of hydrogen-bond acceptors (Lipinski definition) is 5. The minimum Gasteiger partial charge on any atom is -0.370 e. The van der Waals surface area contributed by atoms with Gasteiger partial charge in [0.2, 0.25) is 4.77 Å². The molecule has 4 heterocycles. The summed E-state index contributed by atoms with van der Waals surface area (Å²) in [4.78, 5) is 0. The Morgan fingerprint density at radius 3 is 2.93 bits per heavy atom. The molecule has 1 saturated heterocycles. The van der Waals surface area contributed by atoms with Gasteiger partial charge in [-0.25, -0.2) is 4.68 Å². The van der Waals surface area contributed by atoms with Crippen molar-refractivity contribution < 1.29 is 4.74 Å². The van der Waals surface area contributed by atoms with Gasteiger partial charge >= 0.3 is 0 Å².